The van der Waals surface area contributed by atoms with E-state index in [0.717, 1.165) is 32.8 Å². The molecule has 0 unspecified atom stereocenters. The third-order valence-electron chi connectivity index (χ3n) is 4.55. The number of hydrogen-bond donors (Lipinski definition) is 0. The van der Waals surface area contributed by atoms with Crippen LogP contribution in [-0.2, 0) is 4.74 Å². The fraction of sp³-hybridized carbons (Fsp3) is 0.812. The standard InChI is InChI=1S/C16H26N2O/c1-2-7-15(17-9-5-1)14-6-3-4-8-16(14)18-10-12-19-13-11-18/h1-13H2. The van der Waals surface area contributed by atoms with Crippen molar-refractivity contribution in [3.05, 3.63) is 11.3 Å². The highest BCUT2D eigenvalue weighted by atomic mass is 16.5. The minimum atomic E-state index is 0.892. The van der Waals surface area contributed by atoms with Crippen molar-refractivity contribution < 1.29 is 4.74 Å². The van der Waals surface area contributed by atoms with E-state index in [2.05, 4.69) is 4.90 Å². The molecular weight excluding hydrogens is 236 g/mol. The Morgan fingerprint density at radius 3 is 2.53 bits per heavy atom. The van der Waals surface area contributed by atoms with Gasteiger partial charge >= 0.3 is 0 Å². The van der Waals surface area contributed by atoms with Crippen LogP contribution in [0.4, 0.5) is 0 Å². The Morgan fingerprint density at radius 2 is 1.63 bits per heavy atom. The van der Waals surface area contributed by atoms with Gasteiger partial charge in [-0.1, -0.05) is 6.42 Å². The molecule has 1 aliphatic carbocycles. The van der Waals surface area contributed by atoms with Gasteiger partial charge in [0.05, 0.1) is 13.2 Å². The fourth-order valence-corrected chi connectivity index (χ4v) is 3.50. The summed E-state index contributed by atoms with van der Waals surface area (Å²) >= 11 is 0. The summed E-state index contributed by atoms with van der Waals surface area (Å²) in [4.78, 5) is 7.47. The first-order valence-corrected chi connectivity index (χ1v) is 8.03. The van der Waals surface area contributed by atoms with E-state index in [1.165, 1.54) is 57.1 Å². The maximum absolute atomic E-state index is 5.50. The average Bonchev–Trinajstić information content (AvgIpc) is 2.77. The Bertz CT molecular complexity index is 367. The van der Waals surface area contributed by atoms with E-state index in [9.17, 15) is 0 Å². The van der Waals surface area contributed by atoms with Crippen LogP contribution in [0.3, 0.4) is 0 Å². The molecule has 106 valence electrons. The summed E-state index contributed by atoms with van der Waals surface area (Å²) < 4.78 is 5.50. The van der Waals surface area contributed by atoms with Gasteiger partial charge in [-0.15, -0.1) is 0 Å². The minimum absolute atomic E-state index is 0.892. The first-order chi connectivity index (χ1) is 9.45. The molecule has 0 N–H and O–H groups in total. The van der Waals surface area contributed by atoms with E-state index >= 15 is 0 Å². The van der Waals surface area contributed by atoms with E-state index in [1.54, 1.807) is 11.3 Å². The Kier molecular flexibility index (Phi) is 4.54. The zero-order valence-corrected chi connectivity index (χ0v) is 12.0. The Balaban J connectivity index is 1.83. The summed E-state index contributed by atoms with van der Waals surface area (Å²) in [7, 11) is 0. The first kappa shape index (κ1) is 13.2. The van der Waals surface area contributed by atoms with Gasteiger partial charge in [-0.25, -0.2) is 0 Å². The summed E-state index contributed by atoms with van der Waals surface area (Å²) in [5.74, 6) is 0. The van der Waals surface area contributed by atoms with Crippen molar-refractivity contribution in [2.24, 2.45) is 4.99 Å². The molecule has 3 nitrogen and oxygen atoms in total. The normalized spacial score (nSPS) is 26.1. The summed E-state index contributed by atoms with van der Waals surface area (Å²) in [6.45, 7) is 4.99. The molecule has 0 saturated carbocycles. The van der Waals surface area contributed by atoms with E-state index in [-0.39, 0.29) is 0 Å². The van der Waals surface area contributed by atoms with Gasteiger partial charge < -0.3 is 9.64 Å². The molecule has 2 aliphatic heterocycles. The van der Waals surface area contributed by atoms with Crippen LogP contribution in [0.2, 0.25) is 0 Å². The van der Waals surface area contributed by atoms with Gasteiger partial charge in [-0.05, 0) is 50.5 Å². The van der Waals surface area contributed by atoms with E-state index in [0.29, 0.717) is 0 Å². The van der Waals surface area contributed by atoms with E-state index in [1.807, 2.05) is 0 Å². The summed E-state index contributed by atoms with van der Waals surface area (Å²) in [6.07, 6.45) is 10.4. The van der Waals surface area contributed by atoms with Crippen molar-refractivity contribution in [1.82, 2.24) is 4.90 Å². The lowest BCUT2D eigenvalue weighted by Gasteiger charge is -2.35. The van der Waals surface area contributed by atoms with E-state index in [4.69, 9.17) is 9.73 Å². The van der Waals surface area contributed by atoms with Crippen LogP contribution >= 0.6 is 0 Å². The van der Waals surface area contributed by atoms with Gasteiger partial charge in [0.25, 0.3) is 0 Å². The van der Waals surface area contributed by atoms with Crippen molar-refractivity contribution >= 4 is 5.71 Å². The number of nitrogens with zero attached hydrogens (tertiary/aromatic N) is 2. The number of hydrogen-bond acceptors (Lipinski definition) is 3. The van der Waals surface area contributed by atoms with Gasteiger partial charge in [-0.2, -0.15) is 0 Å². The molecule has 0 aromatic carbocycles. The van der Waals surface area contributed by atoms with Crippen LogP contribution in [0.1, 0.15) is 51.4 Å². The van der Waals surface area contributed by atoms with Gasteiger partial charge in [-0.3, -0.25) is 4.99 Å². The lowest BCUT2D eigenvalue weighted by atomic mass is 9.90. The highest BCUT2D eigenvalue weighted by Gasteiger charge is 2.23. The summed E-state index contributed by atoms with van der Waals surface area (Å²) in [6, 6.07) is 0. The predicted octanol–water partition coefficient (Wildman–Crippen LogP) is 3.16. The second-order valence-electron chi connectivity index (χ2n) is 5.87. The molecule has 0 atom stereocenters. The van der Waals surface area contributed by atoms with Crippen LogP contribution in [-0.4, -0.2) is 43.5 Å². The third-order valence-corrected chi connectivity index (χ3v) is 4.55. The van der Waals surface area contributed by atoms with Crippen molar-refractivity contribution in [3.8, 4) is 0 Å². The SMILES string of the molecule is C1CCN=C(C2=C(N3CCOCC3)CCCC2)CC1. The Morgan fingerprint density at radius 1 is 0.842 bits per heavy atom. The van der Waals surface area contributed by atoms with Gasteiger partial charge in [0.15, 0.2) is 0 Å². The Hall–Kier alpha value is -0.830. The number of aliphatic imine (C=N–C) groups is 1. The van der Waals surface area contributed by atoms with Gasteiger partial charge in [0.1, 0.15) is 0 Å². The second kappa shape index (κ2) is 6.56. The lowest BCUT2D eigenvalue weighted by molar-refractivity contribution is 0.0509. The maximum Gasteiger partial charge on any atom is 0.0642 e. The quantitative estimate of drug-likeness (QED) is 0.763. The second-order valence-corrected chi connectivity index (χ2v) is 5.87. The third kappa shape index (κ3) is 3.19. The topological polar surface area (TPSA) is 24.8 Å². The summed E-state index contributed by atoms with van der Waals surface area (Å²) in [5.41, 5.74) is 4.66. The largest absolute Gasteiger partial charge is 0.378 e. The summed E-state index contributed by atoms with van der Waals surface area (Å²) in [5, 5.41) is 0. The predicted molar refractivity (Wildman–Crippen MR) is 78.7 cm³/mol. The monoisotopic (exact) mass is 262 g/mol. The first-order valence-electron chi connectivity index (χ1n) is 8.03. The van der Waals surface area contributed by atoms with Crippen molar-refractivity contribution in [1.29, 1.82) is 0 Å². The molecule has 0 aromatic heterocycles. The molecule has 0 amide bonds. The number of rotatable bonds is 2. The van der Waals surface area contributed by atoms with E-state index < -0.39 is 0 Å². The van der Waals surface area contributed by atoms with Crippen LogP contribution < -0.4 is 0 Å². The molecule has 0 bridgehead atoms. The van der Waals surface area contributed by atoms with Crippen molar-refractivity contribution in [2.45, 2.75) is 51.4 Å². The fourth-order valence-electron chi connectivity index (χ4n) is 3.50. The van der Waals surface area contributed by atoms with Gasteiger partial charge in [0.2, 0.25) is 0 Å². The zero-order chi connectivity index (χ0) is 12.9. The zero-order valence-electron chi connectivity index (χ0n) is 12.0. The highest BCUT2D eigenvalue weighted by molar-refractivity contribution is 6.01. The molecule has 1 saturated heterocycles. The van der Waals surface area contributed by atoms with Crippen molar-refractivity contribution in [2.75, 3.05) is 32.8 Å². The molecule has 3 aliphatic rings. The Labute approximate surface area is 116 Å². The van der Waals surface area contributed by atoms with Crippen LogP contribution in [0.5, 0.6) is 0 Å². The molecule has 19 heavy (non-hydrogen) atoms. The van der Waals surface area contributed by atoms with Crippen LogP contribution in [0.25, 0.3) is 0 Å². The molecule has 0 radical (unpaired) electrons. The van der Waals surface area contributed by atoms with Gasteiger partial charge in [0, 0.05) is 31.0 Å². The maximum atomic E-state index is 5.50. The molecule has 1 fully saturated rings. The lowest BCUT2D eigenvalue weighted by Crippen LogP contribution is -2.37. The molecule has 3 heteroatoms. The van der Waals surface area contributed by atoms with Crippen LogP contribution in [0, 0.1) is 0 Å². The number of morpholine rings is 1. The molecule has 3 rings (SSSR count). The van der Waals surface area contributed by atoms with Crippen molar-refractivity contribution in [3.63, 3.8) is 0 Å². The average molecular weight is 262 g/mol. The highest BCUT2D eigenvalue weighted by Crippen LogP contribution is 2.31. The number of allylic oxidation sites excluding steroid dienone is 2. The smallest absolute Gasteiger partial charge is 0.0642 e. The molecular formula is C16H26N2O. The van der Waals surface area contributed by atoms with Crippen LogP contribution in [0.15, 0.2) is 16.3 Å². The molecule has 0 aromatic rings. The number of ether oxygens (including phenoxy) is 1. The molecule has 2 heterocycles. The minimum Gasteiger partial charge on any atom is -0.378 e. The molecule has 0 spiro atoms.